The number of benzene rings is 2. The van der Waals surface area contributed by atoms with Crippen molar-refractivity contribution in [2.24, 2.45) is 0 Å². The van der Waals surface area contributed by atoms with Gasteiger partial charge in [0.25, 0.3) is 17.3 Å². The van der Waals surface area contributed by atoms with Gasteiger partial charge in [0, 0.05) is 30.8 Å². The first-order valence-electron chi connectivity index (χ1n) is 9.36. The molecule has 0 aromatic heterocycles. The third-order valence-electron chi connectivity index (χ3n) is 4.66. The topological polar surface area (TPSA) is 149 Å². The third kappa shape index (κ3) is 5.25. The summed E-state index contributed by atoms with van der Waals surface area (Å²) in [5.74, 6) is -0.499. The molecular formula is C19H19N5O7S. The van der Waals surface area contributed by atoms with Crippen molar-refractivity contribution in [1.29, 1.82) is 0 Å². The van der Waals surface area contributed by atoms with Crippen LogP contribution in [0.5, 0.6) is 5.75 Å². The monoisotopic (exact) mass is 461 g/mol. The highest BCUT2D eigenvalue weighted by Gasteiger charge is 2.23. The quantitative estimate of drug-likeness (QED) is 0.373. The van der Waals surface area contributed by atoms with E-state index in [2.05, 4.69) is 10.6 Å². The minimum absolute atomic E-state index is 0.0496. The van der Waals surface area contributed by atoms with Crippen molar-refractivity contribution in [3.63, 3.8) is 0 Å². The van der Waals surface area contributed by atoms with E-state index in [0.29, 0.717) is 37.7 Å². The zero-order valence-electron chi connectivity index (χ0n) is 16.9. The standard InChI is InChI=1S/C19H19N5O7S/c1-30-17-11-13(23(26)27)3-4-14(17)20-19(32)21-18(25)12-2-5-15(16(10-12)24(28)29)22-6-8-31-9-7-22/h2-5,10-11H,6-9H2,1H3,(H2,20,21,25,32). The van der Waals surface area contributed by atoms with Gasteiger partial charge in [-0.15, -0.1) is 0 Å². The Hall–Kier alpha value is -3.84. The smallest absolute Gasteiger partial charge is 0.293 e. The lowest BCUT2D eigenvalue weighted by Crippen LogP contribution is -2.37. The number of ether oxygens (including phenoxy) is 2. The Balaban J connectivity index is 1.74. The van der Waals surface area contributed by atoms with E-state index in [1.807, 2.05) is 4.90 Å². The molecular weight excluding hydrogens is 442 g/mol. The lowest BCUT2D eigenvalue weighted by molar-refractivity contribution is -0.384. The van der Waals surface area contributed by atoms with Gasteiger partial charge in [-0.1, -0.05) is 0 Å². The number of nitrogens with one attached hydrogen (secondary N) is 2. The zero-order valence-corrected chi connectivity index (χ0v) is 17.7. The molecule has 12 nitrogen and oxygen atoms in total. The molecule has 0 bridgehead atoms. The molecule has 0 radical (unpaired) electrons. The summed E-state index contributed by atoms with van der Waals surface area (Å²) in [6.45, 7) is 1.95. The normalized spacial score (nSPS) is 13.2. The Bertz CT molecular complexity index is 1070. The van der Waals surface area contributed by atoms with E-state index < -0.39 is 15.8 Å². The van der Waals surface area contributed by atoms with E-state index in [1.54, 1.807) is 0 Å². The van der Waals surface area contributed by atoms with E-state index in [-0.39, 0.29) is 27.8 Å². The molecule has 2 aromatic carbocycles. The molecule has 0 spiro atoms. The molecule has 0 unspecified atom stereocenters. The van der Waals surface area contributed by atoms with Crippen LogP contribution in [0.25, 0.3) is 0 Å². The lowest BCUT2D eigenvalue weighted by atomic mass is 10.1. The van der Waals surface area contributed by atoms with Gasteiger partial charge in [-0.2, -0.15) is 0 Å². The van der Waals surface area contributed by atoms with Gasteiger partial charge < -0.3 is 19.7 Å². The molecule has 2 N–H and O–H groups in total. The van der Waals surface area contributed by atoms with Crippen LogP contribution in [0.1, 0.15) is 10.4 Å². The highest BCUT2D eigenvalue weighted by molar-refractivity contribution is 7.80. The summed E-state index contributed by atoms with van der Waals surface area (Å²) in [4.78, 5) is 35.8. The highest BCUT2D eigenvalue weighted by atomic mass is 32.1. The first kappa shape index (κ1) is 22.8. The SMILES string of the molecule is COc1cc([N+](=O)[O-])ccc1NC(=S)NC(=O)c1ccc(N2CCOCC2)c([N+](=O)[O-])c1. The van der Waals surface area contributed by atoms with Gasteiger partial charge in [-0.25, -0.2) is 0 Å². The molecule has 1 saturated heterocycles. The second-order valence-corrected chi connectivity index (χ2v) is 7.02. The summed E-state index contributed by atoms with van der Waals surface area (Å²) in [5.41, 5.74) is 0.391. The average Bonchev–Trinajstić information content (AvgIpc) is 2.79. The summed E-state index contributed by atoms with van der Waals surface area (Å²) in [5, 5.41) is 27.5. The molecule has 1 aliphatic rings. The fourth-order valence-corrected chi connectivity index (χ4v) is 3.31. The molecule has 3 rings (SSSR count). The Morgan fingerprint density at radius 1 is 1.12 bits per heavy atom. The van der Waals surface area contributed by atoms with Gasteiger partial charge in [0.05, 0.1) is 41.9 Å². The number of methoxy groups -OCH3 is 1. The van der Waals surface area contributed by atoms with Gasteiger partial charge in [-0.05, 0) is 30.4 Å². The number of morpholine rings is 1. The van der Waals surface area contributed by atoms with E-state index in [4.69, 9.17) is 21.7 Å². The number of anilines is 2. The molecule has 1 fully saturated rings. The first-order valence-corrected chi connectivity index (χ1v) is 9.77. The van der Waals surface area contributed by atoms with Crippen LogP contribution in [0, 0.1) is 20.2 Å². The van der Waals surface area contributed by atoms with E-state index in [1.165, 1.54) is 43.5 Å². The van der Waals surface area contributed by atoms with E-state index in [0.717, 1.165) is 0 Å². The van der Waals surface area contributed by atoms with Crippen LogP contribution in [0.4, 0.5) is 22.7 Å². The van der Waals surface area contributed by atoms with Gasteiger partial charge in [0.2, 0.25) is 0 Å². The van der Waals surface area contributed by atoms with Crippen LogP contribution in [0.15, 0.2) is 36.4 Å². The number of thiocarbonyl (C=S) groups is 1. The second kappa shape index (κ2) is 9.98. The summed E-state index contributed by atoms with van der Waals surface area (Å²) in [6.07, 6.45) is 0. The minimum Gasteiger partial charge on any atom is -0.494 e. The van der Waals surface area contributed by atoms with E-state index >= 15 is 0 Å². The highest BCUT2D eigenvalue weighted by Crippen LogP contribution is 2.30. The molecule has 2 aromatic rings. The Morgan fingerprint density at radius 3 is 2.47 bits per heavy atom. The minimum atomic E-state index is -0.653. The summed E-state index contributed by atoms with van der Waals surface area (Å²) < 4.78 is 10.4. The molecule has 1 heterocycles. The number of non-ortho nitro benzene ring substituents is 1. The number of hydrogen-bond donors (Lipinski definition) is 2. The number of carbonyl (C=O) groups is 1. The Labute approximate surface area is 187 Å². The van der Waals surface area contributed by atoms with Crippen LogP contribution in [-0.4, -0.2) is 54.3 Å². The second-order valence-electron chi connectivity index (χ2n) is 6.61. The predicted molar refractivity (Wildman–Crippen MR) is 119 cm³/mol. The van der Waals surface area contributed by atoms with Gasteiger partial charge >= 0.3 is 0 Å². The number of nitro benzene ring substituents is 2. The number of hydrogen-bond acceptors (Lipinski definition) is 9. The maximum atomic E-state index is 12.6. The van der Waals surface area contributed by atoms with Gasteiger partial charge in [0.15, 0.2) is 5.11 Å². The van der Waals surface area contributed by atoms with Gasteiger partial charge in [0.1, 0.15) is 11.4 Å². The Morgan fingerprint density at radius 2 is 1.84 bits per heavy atom. The lowest BCUT2D eigenvalue weighted by Gasteiger charge is -2.28. The largest absolute Gasteiger partial charge is 0.494 e. The van der Waals surface area contributed by atoms with Crippen LogP contribution in [-0.2, 0) is 4.74 Å². The van der Waals surface area contributed by atoms with Crippen molar-refractivity contribution in [2.75, 3.05) is 43.6 Å². The number of nitro groups is 2. The van der Waals surface area contributed by atoms with Crippen molar-refractivity contribution >= 4 is 46.0 Å². The summed E-state index contributed by atoms with van der Waals surface area (Å²) >= 11 is 5.13. The predicted octanol–water partition coefficient (Wildman–Crippen LogP) is 2.48. The molecule has 0 atom stereocenters. The molecule has 0 saturated carbocycles. The first-order chi connectivity index (χ1) is 15.3. The van der Waals surface area contributed by atoms with Crippen molar-refractivity contribution in [1.82, 2.24) is 5.32 Å². The van der Waals surface area contributed by atoms with Crippen LogP contribution < -0.4 is 20.3 Å². The van der Waals surface area contributed by atoms with Crippen LogP contribution >= 0.6 is 12.2 Å². The third-order valence-corrected chi connectivity index (χ3v) is 4.86. The van der Waals surface area contributed by atoms with Gasteiger partial charge in [-0.3, -0.25) is 30.3 Å². The summed E-state index contributed by atoms with van der Waals surface area (Å²) in [6, 6.07) is 8.03. The fraction of sp³-hybridized carbons (Fsp3) is 0.263. The number of nitrogens with zero attached hydrogens (tertiary/aromatic N) is 3. The number of amides is 1. The zero-order chi connectivity index (χ0) is 23.3. The van der Waals surface area contributed by atoms with Crippen LogP contribution in [0.2, 0.25) is 0 Å². The van der Waals surface area contributed by atoms with Crippen molar-refractivity contribution in [2.45, 2.75) is 0 Å². The van der Waals surface area contributed by atoms with Crippen LogP contribution in [0.3, 0.4) is 0 Å². The van der Waals surface area contributed by atoms with Crippen molar-refractivity contribution in [3.05, 3.63) is 62.2 Å². The Kier molecular flexibility index (Phi) is 7.12. The summed E-state index contributed by atoms with van der Waals surface area (Å²) in [7, 11) is 1.33. The molecule has 13 heteroatoms. The fourth-order valence-electron chi connectivity index (χ4n) is 3.11. The molecule has 168 valence electrons. The molecule has 32 heavy (non-hydrogen) atoms. The van der Waals surface area contributed by atoms with Crippen molar-refractivity contribution in [3.8, 4) is 5.75 Å². The number of carbonyl (C=O) groups excluding carboxylic acids is 1. The van der Waals surface area contributed by atoms with Crippen molar-refractivity contribution < 1.29 is 24.1 Å². The molecule has 1 amide bonds. The van der Waals surface area contributed by atoms with E-state index in [9.17, 15) is 25.0 Å². The molecule has 1 aliphatic heterocycles. The maximum Gasteiger partial charge on any atom is 0.293 e. The average molecular weight is 461 g/mol. The molecule has 0 aliphatic carbocycles. The maximum absolute atomic E-state index is 12.6. The number of rotatable bonds is 6.